The van der Waals surface area contributed by atoms with Crippen LogP contribution in [0.4, 0.5) is 0 Å². The van der Waals surface area contributed by atoms with Gasteiger partial charge in [0.05, 0.1) is 0 Å². The number of benzene rings is 4. The highest BCUT2D eigenvalue weighted by atomic mass is 14.2. The molecular formula is C21H16. The van der Waals surface area contributed by atoms with Gasteiger partial charge in [-0.1, -0.05) is 36.4 Å². The summed E-state index contributed by atoms with van der Waals surface area (Å²) in [5, 5.41) is 8.12. The Labute approximate surface area is 124 Å². The van der Waals surface area contributed by atoms with Crippen molar-refractivity contribution in [1.82, 2.24) is 0 Å². The molecule has 0 unspecified atom stereocenters. The Kier molecular flexibility index (Phi) is 2.20. The van der Waals surface area contributed by atoms with Crippen molar-refractivity contribution in [2.45, 2.75) is 19.3 Å². The minimum atomic E-state index is 1.25. The molecule has 0 aromatic heterocycles. The van der Waals surface area contributed by atoms with E-state index in [1.807, 2.05) is 0 Å². The molecule has 0 amide bonds. The van der Waals surface area contributed by atoms with Crippen LogP contribution in [0.25, 0.3) is 32.3 Å². The fraction of sp³-hybridized carbons (Fsp3) is 0.143. The molecule has 0 N–H and O–H groups in total. The topological polar surface area (TPSA) is 0 Å². The number of aryl methyl sites for hydroxylation is 2. The molecule has 0 aliphatic heterocycles. The van der Waals surface area contributed by atoms with E-state index in [-0.39, 0.29) is 0 Å². The molecule has 0 heterocycles. The van der Waals surface area contributed by atoms with E-state index >= 15 is 0 Å². The summed E-state index contributed by atoms with van der Waals surface area (Å²) in [6.07, 6.45) is 3.82. The van der Waals surface area contributed by atoms with Crippen LogP contribution in [0.1, 0.15) is 17.5 Å². The van der Waals surface area contributed by atoms with E-state index in [9.17, 15) is 0 Å². The predicted molar refractivity (Wildman–Crippen MR) is 91.0 cm³/mol. The summed E-state index contributed by atoms with van der Waals surface area (Å²) in [5.41, 5.74) is 3.12. The molecule has 21 heavy (non-hydrogen) atoms. The van der Waals surface area contributed by atoms with Gasteiger partial charge in [-0.3, -0.25) is 0 Å². The van der Waals surface area contributed by atoms with E-state index in [0.29, 0.717) is 0 Å². The Morgan fingerprint density at radius 2 is 0.905 bits per heavy atom. The standard InChI is InChI=1S/C21H16/c1-2-5-15-9-19-13-21-11-17-7-3-6-16(17)10-20(21)12-18(19)8-14(15)4-1/h1-2,4-5,8-13H,3,6-7H2. The summed E-state index contributed by atoms with van der Waals surface area (Å²) in [6.45, 7) is 0. The quantitative estimate of drug-likeness (QED) is 0.362. The molecule has 4 aromatic rings. The second-order valence-electron chi connectivity index (χ2n) is 6.22. The first kappa shape index (κ1) is 11.3. The highest BCUT2D eigenvalue weighted by molar-refractivity contribution is 6.05. The van der Waals surface area contributed by atoms with Crippen LogP contribution < -0.4 is 0 Å². The van der Waals surface area contributed by atoms with Gasteiger partial charge in [0.25, 0.3) is 0 Å². The lowest BCUT2D eigenvalue weighted by atomic mass is 9.97. The summed E-state index contributed by atoms with van der Waals surface area (Å²) in [4.78, 5) is 0. The highest BCUT2D eigenvalue weighted by Crippen LogP contribution is 2.31. The third-order valence-electron chi connectivity index (χ3n) is 4.87. The molecule has 0 fully saturated rings. The molecule has 100 valence electrons. The number of hydrogen-bond donors (Lipinski definition) is 0. The second kappa shape index (κ2) is 4.08. The Morgan fingerprint density at radius 1 is 0.476 bits per heavy atom. The molecule has 1 aliphatic rings. The Morgan fingerprint density at radius 3 is 1.43 bits per heavy atom. The van der Waals surface area contributed by atoms with Crippen LogP contribution in [0.2, 0.25) is 0 Å². The highest BCUT2D eigenvalue weighted by Gasteiger charge is 2.12. The van der Waals surface area contributed by atoms with Crippen LogP contribution in [0.3, 0.4) is 0 Å². The largest absolute Gasteiger partial charge is 0.0616 e. The normalized spacial score (nSPS) is 14.1. The van der Waals surface area contributed by atoms with Crippen molar-refractivity contribution in [3.05, 3.63) is 71.8 Å². The van der Waals surface area contributed by atoms with Gasteiger partial charge in [0.1, 0.15) is 0 Å². The third-order valence-corrected chi connectivity index (χ3v) is 4.87. The van der Waals surface area contributed by atoms with Crippen LogP contribution in [-0.2, 0) is 12.8 Å². The zero-order valence-corrected chi connectivity index (χ0v) is 11.9. The fourth-order valence-corrected chi connectivity index (χ4v) is 3.77. The Bertz CT molecular complexity index is 927. The van der Waals surface area contributed by atoms with Crippen LogP contribution in [0.5, 0.6) is 0 Å². The summed E-state index contributed by atoms with van der Waals surface area (Å²) >= 11 is 0. The molecule has 0 bridgehead atoms. The predicted octanol–water partition coefficient (Wildman–Crippen LogP) is 5.63. The van der Waals surface area contributed by atoms with Gasteiger partial charge in [0.2, 0.25) is 0 Å². The minimum absolute atomic E-state index is 1.25. The van der Waals surface area contributed by atoms with E-state index in [2.05, 4.69) is 60.7 Å². The third kappa shape index (κ3) is 1.69. The molecule has 0 radical (unpaired) electrons. The van der Waals surface area contributed by atoms with Gasteiger partial charge >= 0.3 is 0 Å². The van der Waals surface area contributed by atoms with Crippen molar-refractivity contribution >= 4 is 32.3 Å². The monoisotopic (exact) mass is 268 g/mol. The lowest BCUT2D eigenvalue weighted by molar-refractivity contribution is 0.912. The lowest BCUT2D eigenvalue weighted by Crippen LogP contribution is -1.84. The molecule has 4 aromatic carbocycles. The van der Waals surface area contributed by atoms with Gasteiger partial charge in [0.15, 0.2) is 0 Å². The van der Waals surface area contributed by atoms with Crippen molar-refractivity contribution in [3.63, 3.8) is 0 Å². The van der Waals surface area contributed by atoms with Gasteiger partial charge in [-0.15, -0.1) is 0 Å². The summed E-state index contributed by atoms with van der Waals surface area (Å²) < 4.78 is 0. The van der Waals surface area contributed by atoms with Gasteiger partial charge in [-0.25, -0.2) is 0 Å². The van der Waals surface area contributed by atoms with Crippen molar-refractivity contribution in [1.29, 1.82) is 0 Å². The van der Waals surface area contributed by atoms with Gasteiger partial charge in [-0.2, -0.15) is 0 Å². The van der Waals surface area contributed by atoms with E-state index in [4.69, 9.17) is 0 Å². The van der Waals surface area contributed by atoms with Crippen LogP contribution in [0, 0.1) is 0 Å². The maximum Gasteiger partial charge on any atom is -0.0171 e. The molecule has 0 atom stereocenters. The van der Waals surface area contributed by atoms with E-state index in [0.717, 1.165) is 0 Å². The molecule has 0 saturated heterocycles. The van der Waals surface area contributed by atoms with E-state index in [1.54, 1.807) is 11.1 Å². The molecule has 0 spiro atoms. The zero-order chi connectivity index (χ0) is 13.8. The molecule has 0 heteroatoms. The number of fused-ring (bicyclic) bond motifs is 4. The van der Waals surface area contributed by atoms with Crippen molar-refractivity contribution in [2.24, 2.45) is 0 Å². The Hall–Kier alpha value is -2.34. The van der Waals surface area contributed by atoms with Crippen LogP contribution >= 0.6 is 0 Å². The van der Waals surface area contributed by atoms with Crippen LogP contribution in [-0.4, -0.2) is 0 Å². The van der Waals surface area contributed by atoms with Crippen molar-refractivity contribution < 1.29 is 0 Å². The average molecular weight is 268 g/mol. The average Bonchev–Trinajstić information content (AvgIpc) is 2.95. The molecule has 0 saturated carbocycles. The van der Waals surface area contributed by atoms with Gasteiger partial charge < -0.3 is 0 Å². The molecular weight excluding hydrogens is 252 g/mol. The summed E-state index contributed by atoms with van der Waals surface area (Å²) in [6, 6.07) is 22.8. The maximum absolute atomic E-state index is 2.41. The van der Waals surface area contributed by atoms with Crippen LogP contribution in [0.15, 0.2) is 60.7 Å². The molecule has 5 rings (SSSR count). The lowest BCUT2D eigenvalue weighted by Gasteiger charge is -2.07. The van der Waals surface area contributed by atoms with Crippen molar-refractivity contribution in [2.75, 3.05) is 0 Å². The smallest absolute Gasteiger partial charge is 0.0171 e. The van der Waals surface area contributed by atoms with Crippen molar-refractivity contribution in [3.8, 4) is 0 Å². The number of rotatable bonds is 0. The first-order valence-electron chi connectivity index (χ1n) is 7.75. The summed E-state index contributed by atoms with van der Waals surface area (Å²) in [7, 11) is 0. The van der Waals surface area contributed by atoms with Gasteiger partial charge in [0, 0.05) is 0 Å². The first-order chi connectivity index (χ1) is 10.4. The van der Waals surface area contributed by atoms with E-state index in [1.165, 1.54) is 51.6 Å². The second-order valence-corrected chi connectivity index (χ2v) is 6.22. The minimum Gasteiger partial charge on any atom is -0.0616 e. The number of hydrogen-bond acceptors (Lipinski definition) is 0. The Balaban J connectivity index is 1.89. The molecule has 0 nitrogen and oxygen atoms in total. The summed E-state index contributed by atoms with van der Waals surface area (Å²) in [5.74, 6) is 0. The fourth-order valence-electron chi connectivity index (χ4n) is 3.77. The zero-order valence-electron chi connectivity index (χ0n) is 11.9. The van der Waals surface area contributed by atoms with E-state index < -0.39 is 0 Å². The SMILES string of the molecule is c1ccc2cc3cc4cc5c(cc4cc3cc2c1)CCC5. The van der Waals surface area contributed by atoms with Gasteiger partial charge in [-0.05, 0) is 87.0 Å². The molecule has 1 aliphatic carbocycles. The first-order valence-corrected chi connectivity index (χ1v) is 7.75. The maximum atomic E-state index is 2.41.